The lowest BCUT2D eigenvalue weighted by molar-refractivity contribution is 0.185. The summed E-state index contributed by atoms with van der Waals surface area (Å²) in [5, 5.41) is 1.11. The molecule has 0 amide bonds. The quantitative estimate of drug-likeness (QED) is 0.830. The minimum Gasteiger partial charge on any atom is -0.396 e. The average molecular weight is 273 g/mol. The second-order valence-corrected chi connectivity index (χ2v) is 5.75. The van der Waals surface area contributed by atoms with Gasteiger partial charge in [-0.1, -0.05) is 30.1 Å². The van der Waals surface area contributed by atoms with E-state index in [9.17, 15) is 0 Å². The van der Waals surface area contributed by atoms with Crippen molar-refractivity contribution in [3.63, 3.8) is 0 Å². The summed E-state index contributed by atoms with van der Waals surface area (Å²) in [4.78, 5) is 2.44. The zero-order valence-corrected chi connectivity index (χ0v) is 11.6. The first-order valence-corrected chi connectivity index (χ1v) is 6.77. The summed E-state index contributed by atoms with van der Waals surface area (Å²) in [6.45, 7) is 5.53. The fourth-order valence-electron chi connectivity index (χ4n) is 2.21. The number of rotatable bonds is 2. The van der Waals surface area contributed by atoms with Gasteiger partial charge < -0.3 is 5.73 Å². The largest absolute Gasteiger partial charge is 0.396 e. The highest BCUT2D eigenvalue weighted by Gasteiger charge is 2.16. The molecule has 1 aliphatic heterocycles. The van der Waals surface area contributed by atoms with Gasteiger partial charge in [0, 0.05) is 6.54 Å². The second kappa shape index (κ2) is 5.47. The fourth-order valence-corrected chi connectivity index (χ4v) is 2.74. The van der Waals surface area contributed by atoms with Crippen LogP contribution in [0.4, 0.5) is 5.69 Å². The Balaban J connectivity index is 2.04. The van der Waals surface area contributed by atoms with Gasteiger partial charge in [-0.05, 0) is 49.5 Å². The molecule has 0 aromatic heterocycles. The molecule has 2 nitrogen and oxygen atoms in total. The van der Waals surface area contributed by atoms with Crippen molar-refractivity contribution in [3.05, 3.63) is 27.7 Å². The van der Waals surface area contributed by atoms with Crippen molar-refractivity contribution in [2.24, 2.45) is 5.92 Å². The Morgan fingerprint density at radius 2 is 1.76 bits per heavy atom. The summed E-state index contributed by atoms with van der Waals surface area (Å²) in [6.07, 6.45) is 2.55. The molecule has 0 aliphatic carbocycles. The van der Waals surface area contributed by atoms with Gasteiger partial charge in [-0.3, -0.25) is 4.90 Å². The molecule has 1 saturated heterocycles. The Kier molecular flexibility index (Phi) is 4.18. The molecule has 1 aliphatic rings. The number of likely N-dealkylation sites (tertiary alicyclic amines) is 1. The highest BCUT2D eigenvalue weighted by atomic mass is 35.5. The van der Waals surface area contributed by atoms with E-state index in [1.165, 1.54) is 12.8 Å². The number of benzene rings is 1. The number of hydrogen-bond acceptors (Lipinski definition) is 2. The molecule has 1 aromatic carbocycles. The molecule has 1 heterocycles. The first kappa shape index (κ1) is 13.0. The number of hydrogen-bond donors (Lipinski definition) is 1. The van der Waals surface area contributed by atoms with E-state index in [2.05, 4.69) is 11.8 Å². The molecule has 0 bridgehead atoms. The van der Waals surface area contributed by atoms with Crippen molar-refractivity contribution in [3.8, 4) is 0 Å². The zero-order chi connectivity index (χ0) is 12.4. The molecule has 0 radical (unpaired) electrons. The van der Waals surface area contributed by atoms with E-state index in [1.54, 1.807) is 0 Å². The summed E-state index contributed by atoms with van der Waals surface area (Å²) in [5.74, 6) is 0.852. The van der Waals surface area contributed by atoms with Gasteiger partial charge in [0.2, 0.25) is 0 Å². The number of nitrogens with two attached hydrogens (primary N) is 1. The average Bonchev–Trinajstić information content (AvgIpc) is 2.29. The van der Waals surface area contributed by atoms with Crippen molar-refractivity contribution in [2.75, 3.05) is 18.8 Å². The minimum atomic E-state index is 0.476. The lowest BCUT2D eigenvalue weighted by Crippen LogP contribution is -2.32. The third-order valence-corrected chi connectivity index (χ3v) is 4.05. The predicted octanol–water partition coefficient (Wildman–Crippen LogP) is 3.81. The molecule has 1 fully saturated rings. The van der Waals surface area contributed by atoms with Crippen LogP contribution in [0.25, 0.3) is 0 Å². The lowest BCUT2D eigenvalue weighted by Gasteiger charge is -2.30. The van der Waals surface area contributed by atoms with E-state index in [0.29, 0.717) is 15.7 Å². The van der Waals surface area contributed by atoms with E-state index in [1.807, 2.05) is 12.1 Å². The Morgan fingerprint density at radius 1 is 1.24 bits per heavy atom. The number of halogens is 2. The third kappa shape index (κ3) is 3.27. The van der Waals surface area contributed by atoms with Crippen LogP contribution in [0.15, 0.2) is 12.1 Å². The zero-order valence-electron chi connectivity index (χ0n) is 10.0. The van der Waals surface area contributed by atoms with Crippen LogP contribution in [0.2, 0.25) is 10.0 Å². The molecule has 0 saturated carbocycles. The topological polar surface area (TPSA) is 29.3 Å². The van der Waals surface area contributed by atoms with Crippen LogP contribution < -0.4 is 5.73 Å². The van der Waals surface area contributed by atoms with Gasteiger partial charge in [0.1, 0.15) is 0 Å². The van der Waals surface area contributed by atoms with Gasteiger partial charge >= 0.3 is 0 Å². The van der Waals surface area contributed by atoms with Crippen LogP contribution in [-0.2, 0) is 6.54 Å². The number of nitrogen functional groups attached to an aromatic ring is 1. The molecule has 94 valence electrons. The van der Waals surface area contributed by atoms with Crippen LogP contribution in [0, 0.1) is 5.92 Å². The van der Waals surface area contributed by atoms with E-state index >= 15 is 0 Å². The standard InChI is InChI=1S/C13H18Cl2N2/c1-9-2-4-17(5-3-9)8-10-6-11(14)13(16)12(15)7-10/h6-7,9H,2-5,8,16H2,1H3. The predicted molar refractivity (Wildman–Crippen MR) is 74.5 cm³/mol. The van der Waals surface area contributed by atoms with Crippen LogP contribution in [0.1, 0.15) is 25.3 Å². The SMILES string of the molecule is CC1CCN(Cc2cc(Cl)c(N)c(Cl)c2)CC1. The van der Waals surface area contributed by atoms with Gasteiger partial charge in [-0.2, -0.15) is 0 Å². The highest BCUT2D eigenvalue weighted by Crippen LogP contribution is 2.29. The summed E-state index contributed by atoms with van der Waals surface area (Å²) >= 11 is 12.1. The Hall–Kier alpha value is -0.440. The third-order valence-electron chi connectivity index (χ3n) is 3.42. The monoisotopic (exact) mass is 272 g/mol. The van der Waals surface area contributed by atoms with E-state index in [4.69, 9.17) is 28.9 Å². The van der Waals surface area contributed by atoms with Crippen molar-refractivity contribution in [2.45, 2.75) is 26.3 Å². The van der Waals surface area contributed by atoms with Crippen molar-refractivity contribution < 1.29 is 0 Å². The fraction of sp³-hybridized carbons (Fsp3) is 0.538. The van der Waals surface area contributed by atoms with Gasteiger partial charge in [0.15, 0.2) is 0 Å². The molecule has 2 rings (SSSR count). The first-order valence-electron chi connectivity index (χ1n) is 6.02. The summed E-state index contributed by atoms with van der Waals surface area (Å²) in [7, 11) is 0. The Labute approximate surface area is 113 Å². The van der Waals surface area contributed by atoms with E-state index in [-0.39, 0.29) is 0 Å². The summed E-state index contributed by atoms with van der Waals surface area (Å²) in [6, 6.07) is 3.83. The molecular weight excluding hydrogens is 255 g/mol. The number of nitrogens with zero attached hydrogens (tertiary/aromatic N) is 1. The maximum atomic E-state index is 6.03. The molecule has 1 aromatic rings. The Bertz CT molecular complexity index is 375. The smallest absolute Gasteiger partial charge is 0.0693 e. The molecule has 2 N–H and O–H groups in total. The van der Waals surface area contributed by atoms with Crippen LogP contribution >= 0.6 is 23.2 Å². The van der Waals surface area contributed by atoms with Crippen LogP contribution in [0.5, 0.6) is 0 Å². The lowest BCUT2D eigenvalue weighted by atomic mass is 9.99. The molecular formula is C13H18Cl2N2. The molecule has 17 heavy (non-hydrogen) atoms. The molecule has 0 atom stereocenters. The molecule has 4 heteroatoms. The number of piperidine rings is 1. The van der Waals surface area contributed by atoms with Crippen LogP contribution in [0.3, 0.4) is 0 Å². The van der Waals surface area contributed by atoms with Crippen molar-refractivity contribution in [1.82, 2.24) is 4.90 Å². The maximum Gasteiger partial charge on any atom is 0.0693 e. The van der Waals surface area contributed by atoms with Gasteiger partial charge in [0.25, 0.3) is 0 Å². The minimum absolute atomic E-state index is 0.476. The second-order valence-electron chi connectivity index (χ2n) is 4.93. The van der Waals surface area contributed by atoms with Gasteiger partial charge in [-0.25, -0.2) is 0 Å². The first-order chi connectivity index (χ1) is 8.06. The van der Waals surface area contributed by atoms with Crippen molar-refractivity contribution in [1.29, 1.82) is 0 Å². The maximum absolute atomic E-state index is 6.03. The number of anilines is 1. The summed E-state index contributed by atoms with van der Waals surface area (Å²) in [5.41, 5.74) is 7.34. The van der Waals surface area contributed by atoms with E-state index in [0.717, 1.165) is 31.1 Å². The molecule has 0 spiro atoms. The normalized spacial score (nSPS) is 18.5. The van der Waals surface area contributed by atoms with Crippen molar-refractivity contribution >= 4 is 28.9 Å². The van der Waals surface area contributed by atoms with Gasteiger partial charge in [0.05, 0.1) is 15.7 Å². The Morgan fingerprint density at radius 3 is 2.29 bits per heavy atom. The van der Waals surface area contributed by atoms with E-state index < -0.39 is 0 Å². The summed E-state index contributed by atoms with van der Waals surface area (Å²) < 4.78 is 0. The highest BCUT2D eigenvalue weighted by molar-refractivity contribution is 6.38. The van der Waals surface area contributed by atoms with Gasteiger partial charge in [-0.15, -0.1) is 0 Å². The molecule has 0 unspecified atom stereocenters. The van der Waals surface area contributed by atoms with Crippen LogP contribution in [-0.4, -0.2) is 18.0 Å².